The number of esters is 1. The van der Waals surface area contributed by atoms with E-state index in [2.05, 4.69) is 24.0 Å². The highest BCUT2D eigenvalue weighted by Crippen LogP contribution is 2.34. The van der Waals surface area contributed by atoms with Crippen LogP contribution in [-0.4, -0.2) is 22.0 Å². The van der Waals surface area contributed by atoms with E-state index in [4.69, 9.17) is 9.84 Å². The van der Waals surface area contributed by atoms with E-state index in [0.29, 0.717) is 5.75 Å². The van der Waals surface area contributed by atoms with Gasteiger partial charge in [0, 0.05) is 29.4 Å². The van der Waals surface area contributed by atoms with Crippen molar-refractivity contribution in [1.29, 1.82) is 0 Å². The van der Waals surface area contributed by atoms with Crippen molar-refractivity contribution in [1.82, 2.24) is 4.98 Å². The Labute approximate surface area is 158 Å². The molecule has 0 unspecified atom stereocenters. The number of carbonyl (C=O) groups is 2. The topological polar surface area (TPSA) is 79.4 Å². The number of carbonyl (C=O) groups excluding carboxylic acids is 1. The summed E-state index contributed by atoms with van der Waals surface area (Å²) in [6.07, 6.45) is 0.332. The van der Waals surface area contributed by atoms with Crippen molar-refractivity contribution in [2.45, 2.75) is 40.0 Å². The number of fused-ring (bicyclic) bond motifs is 1. The Kier molecular flexibility index (Phi) is 5.31. The molecular formula is C22H23NO4. The van der Waals surface area contributed by atoms with Gasteiger partial charge in [-0.2, -0.15) is 0 Å². The lowest BCUT2D eigenvalue weighted by atomic mass is 10.0. The van der Waals surface area contributed by atoms with Gasteiger partial charge in [0.15, 0.2) is 0 Å². The van der Waals surface area contributed by atoms with Crippen LogP contribution in [0.5, 0.6) is 5.75 Å². The average Bonchev–Trinajstić information content (AvgIpc) is 2.95. The number of benzene rings is 2. The van der Waals surface area contributed by atoms with Gasteiger partial charge in [-0.3, -0.25) is 9.59 Å². The van der Waals surface area contributed by atoms with E-state index in [-0.39, 0.29) is 19.3 Å². The Morgan fingerprint density at radius 3 is 2.33 bits per heavy atom. The van der Waals surface area contributed by atoms with Crippen molar-refractivity contribution in [3.8, 4) is 17.0 Å². The van der Waals surface area contributed by atoms with E-state index in [1.54, 1.807) is 0 Å². The summed E-state index contributed by atoms with van der Waals surface area (Å²) >= 11 is 0. The zero-order valence-corrected chi connectivity index (χ0v) is 15.8. The summed E-state index contributed by atoms with van der Waals surface area (Å²) in [5, 5.41) is 9.85. The highest BCUT2D eigenvalue weighted by molar-refractivity contribution is 5.90. The van der Waals surface area contributed by atoms with Crippen molar-refractivity contribution in [3.63, 3.8) is 0 Å². The first kappa shape index (κ1) is 18.7. The Hall–Kier alpha value is -3.08. The van der Waals surface area contributed by atoms with Gasteiger partial charge in [0.1, 0.15) is 5.75 Å². The second-order valence-corrected chi connectivity index (χ2v) is 6.83. The fraction of sp³-hybridized carbons (Fsp3) is 0.273. The van der Waals surface area contributed by atoms with Crippen LogP contribution in [0.3, 0.4) is 0 Å². The van der Waals surface area contributed by atoms with Crippen LogP contribution in [0.1, 0.15) is 36.0 Å². The first-order valence-corrected chi connectivity index (χ1v) is 8.98. The minimum atomic E-state index is -0.909. The number of carboxylic acid groups (broad SMARTS) is 1. The fourth-order valence-electron chi connectivity index (χ4n) is 3.38. The van der Waals surface area contributed by atoms with Gasteiger partial charge in [-0.1, -0.05) is 18.2 Å². The predicted molar refractivity (Wildman–Crippen MR) is 105 cm³/mol. The van der Waals surface area contributed by atoms with Crippen molar-refractivity contribution < 1.29 is 19.4 Å². The lowest BCUT2D eigenvalue weighted by Crippen LogP contribution is -2.10. The minimum absolute atomic E-state index is 0.0360. The van der Waals surface area contributed by atoms with Crippen molar-refractivity contribution in [3.05, 3.63) is 53.1 Å². The molecule has 0 spiro atoms. The van der Waals surface area contributed by atoms with E-state index >= 15 is 0 Å². The van der Waals surface area contributed by atoms with Gasteiger partial charge >= 0.3 is 11.9 Å². The molecule has 0 radical (unpaired) electrons. The highest BCUT2D eigenvalue weighted by Gasteiger charge is 2.15. The van der Waals surface area contributed by atoms with Crippen molar-refractivity contribution in [2.24, 2.45) is 0 Å². The molecule has 0 bridgehead atoms. The molecule has 5 heteroatoms. The van der Waals surface area contributed by atoms with Crippen LogP contribution in [0.2, 0.25) is 0 Å². The lowest BCUT2D eigenvalue weighted by molar-refractivity contribution is -0.137. The summed E-state index contributed by atoms with van der Waals surface area (Å²) < 4.78 is 5.50. The molecule has 1 heterocycles. The third kappa shape index (κ3) is 4.03. The Morgan fingerprint density at radius 1 is 1.04 bits per heavy atom. The Balaban J connectivity index is 1.85. The number of hydrogen-bond donors (Lipinski definition) is 2. The number of carboxylic acids is 1. The molecule has 2 aromatic carbocycles. The third-order valence-electron chi connectivity index (χ3n) is 4.70. The summed E-state index contributed by atoms with van der Waals surface area (Å²) in [7, 11) is 0. The van der Waals surface area contributed by atoms with Gasteiger partial charge in [0.25, 0.3) is 0 Å². The summed E-state index contributed by atoms with van der Waals surface area (Å²) in [5.41, 5.74) is 6.12. The Morgan fingerprint density at radius 2 is 1.70 bits per heavy atom. The summed E-state index contributed by atoms with van der Waals surface area (Å²) in [5.74, 6) is -0.766. The van der Waals surface area contributed by atoms with Crippen LogP contribution in [0.4, 0.5) is 0 Å². The van der Waals surface area contributed by atoms with E-state index in [1.807, 2.05) is 38.1 Å². The number of rotatable bonds is 6. The Bertz CT molecular complexity index is 993. The second-order valence-electron chi connectivity index (χ2n) is 6.83. The summed E-state index contributed by atoms with van der Waals surface area (Å²) in [6, 6.07) is 12.2. The number of nitrogens with one attached hydrogen (secondary N) is 1. The minimum Gasteiger partial charge on any atom is -0.481 e. The van der Waals surface area contributed by atoms with Crippen LogP contribution in [0, 0.1) is 20.8 Å². The van der Waals surface area contributed by atoms with Crippen LogP contribution < -0.4 is 4.74 Å². The molecule has 0 aliphatic carbocycles. The largest absolute Gasteiger partial charge is 0.481 e. The summed E-state index contributed by atoms with van der Waals surface area (Å²) in [4.78, 5) is 26.0. The summed E-state index contributed by atoms with van der Waals surface area (Å²) in [6.45, 7) is 5.91. The molecule has 1 aromatic heterocycles. The standard InChI is InChI=1S/C22H23NO4/c1-13-11-16(21-15(3)17-7-4-5-8-18(17)23-21)12-14(2)22(13)27-20(26)10-6-9-19(24)25/h4-5,7-8,11-12,23H,6,9-10H2,1-3H3,(H,24,25). The van der Waals surface area contributed by atoms with Crippen LogP contribution >= 0.6 is 0 Å². The molecule has 0 amide bonds. The van der Waals surface area contributed by atoms with Crippen LogP contribution in [0.25, 0.3) is 22.2 Å². The molecule has 0 atom stereocenters. The zero-order valence-electron chi connectivity index (χ0n) is 15.8. The maximum Gasteiger partial charge on any atom is 0.311 e. The first-order valence-electron chi connectivity index (χ1n) is 8.98. The molecule has 2 N–H and O–H groups in total. The van der Waals surface area contributed by atoms with E-state index < -0.39 is 11.9 Å². The molecule has 0 saturated carbocycles. The smallest absolute Gasteiger partial charge is 0.311 e. The number of para-hydroxylation sites is 1. The SMILES string of the molecule is Cc1cc(-c2[nH]c3ccccc3c2C)cc(C)c1OC(=O)CCCC(=O)O. The molecular weight excluding hydrogens is 342 g/mol. The van der Waals surface area contributed by atoms with E-state index in [0.717, 1.165) is 27.9 Å². The lowest BCUT2D eigenvalue weighted by Gasteiger charge is -2.13. The number of aromatic amines is 1. The number of aromatic nitrogens is 1. The van der Waals surface area contributed by atoms with Gasteiger partial charge in [0.2, 0.25) is 0 Å². The maximum atomic E-state index is 12.0. The number of aliphatic carboxylic acids is 1. The number of H-pyrrole nitrogens is 1. The van der Waals surface area contributed by atoms with E-state index in [1.165, 1.54) is 10.9 Å². The van der Waals surface area contributed by atoms with Gasteiger partial charge in [-0.15, -0.1) is 0 Å². The molecule has 140 valence electrons. The van der Waals surface area contributed by atoms with Gasteiger partial charge in [-0.05, 0) is 67.6 Å². The van der Waals surface area contributed by atoms with E-state index in [9.17, 15) is 9.59 Å². The molecule has 0 saturated heterocycles. The van der Waals surface area contributed by atoms with Crippen LogP contribution in [-0.2, 0) is 9.59 Å². The molecule has 0 aliphatic heterocycles. The van der Waals surface area contributed by atoms with Gasteiger partial charge in [-0.25, -0.2) is 0 Å². The second kappa shape index (κ2) is 7.66. The average molecular weight is 365 g/mol. The number of aryl methyl sites for hydroxylation is 3. The van der Waals surface area contributed by atoms with Crippen molar-refractivity contribution in [2.75, 3.05) is 0 Å². The number of ether oxygens (including phenoxy) is 1. The molecule has 5 nitrogen and oxygen atoms in total. The quantitative estimate of drug-likeness (QED) is 0.480. The third-order valence-corrected chi connectivity index (χ3v) is 4.70. The maximum absolute atomic E-state index is 12.0. The monoisotopic (exact) mass is 365 g/mol. The van der Waals surface area contributed by atoms with Gasteiger partial charge < -0.3 is 14.8 Å². The zero-order chi connectivity index (χ0) is 19.6. The molecule has 0 fully saturated rings. The van der Waals surface area contributed by atoms with Crippen molar-refractivity contribution >= 4 is 22.8 Å². The molecule has 3 rings (SSSR count). The first-order chi connectivity index (χ1) is 12.9. The van der Waals surface area contributed by atoms with Crippen LogP contribution in [0.15, 0.2) is 36.4 Å². The van der Waals surface area contributed by atoms with Gasteiger partial charge in [0.05, 0.1) is 0 Å². The molecule has 27 heavy (non-hydrogen) atoms. The number of hydrogen-bond acceptors (Lipinski definition) is 3. The molecule has 3 aromatic rings. The predicted octanol–water partition coefficient (Wildman–Crippen LogP) is 4.92. The molecule has 0 aliphatic rings. The fourth-order valence-corrected chi connectivity index (χ4v) is 3.38. The normalized spacial score (nSPS) is 10.9. The highest BCUT2D eigenvalue weighted by atomic mass is 16.5.